The average Bonchev–Trinajstić information content (AvgIpc) is 3.46. The molecule has 1 saturated heterocycles. The number of para-hydroxylation sites is 1. The fourth-order valence-electron chi connectivity index (χ4n) is 4.44. The normalized spacial score (nSPS) is 16.9. The Bertz CT molecular complexity index is 1210. The molecule has 0 unspecified atom stereocenters. The highest BCUT2D eigenvalue weighted by Crippen LogP contribution is 2.26. The molecule has 5 rings (SSSR count). The van der Waals surface area contributed by atoms with Crippen molar-refractivity contribution in [1.82, 2.24) is 29.6 Å². The van der Waals surface area contributed by atoms with Crippen LogP contribution < -0.4 is 0 Å². The number of nitrogens with one attached hydrogen (secondary N) is 1. The van der Waals surface area contributed by atoms with Gasteiger partial charge in [0, 0.05) is 37.6 Å². The SMILES string of the molecule is CC(C)Cn1c(C[C@H]2CCN(C(=O)c3n[nH]c4ccccc34)C2)nc2cccnc21. The molecular weight excluding hydrogens is 376 g/mol. The Morgan fingerprint density at radius 2 is 2.10 bits per heavy atom. The molecule has 1 aliphatic rings. The first-order valence-corrected chi connectivity index (χ1v) is 10.6. The summed E-state index contributed by atoms with van der Waals surface area (Å²) in [6, 6.07) is 11.7. The number of likely N-dealkylation sites (tertiary alicyclic amines) is 1. The molecule has 30 heavy (non-hydrogen) atoms. The monoisotopic (exact) mass is 402 g/mol. The van der Waals surface area contributed by atoms with E-state index in [0.717, 1.165) is 60.4 Å². The van der Waals surface area contributed by atoms with E-state index in [4.69, 9.17) is 4.98 Å². The molecule has 1 N–H and O–H groups in total. The summed E-state index contributed by atoms with van der Waals surface area (Å²) >= 11 is 0. The maximum atomic E-state index is 13.1. The van der Waals surface area contributed by atoms with E-state index < -0.39 is 0 Å². The summed E-state index contributed by atoms with van der Waals surface area (Å²) < 4.78 is 2.26. The molecule has 4 aromatic rings. The largest absolute Gasteiger partial charge is 0.337 e. The third kappa shape index (κ3) is 3.34. The minimum Gasteiger partial charge on any atom is -0.337 e. The zero-order valence-electron chi connectivity index (χ0n) is 17.4. The average molecular weight is 403 g/mol. The number of amides is 1. The topological polar surface area (TPSA) is 79.7 Å². The van der Waals surface area contributed by atoms with Gasteiger partial charge < -0.3 is 9.47 Å². The Labute approximate surface area is 175 Å². The Hall–Kier alpha value is -3.22. The summed E-state index contributed by atoms with van der Waals surface area (Å²) in [5.74, 6) is 1.98. The van der Waals surface area contributed by atoms with Crippen molar-refractivity contribution in [2.24, 2.45) is 11.8 Å². The lowest BCUT2D eigenvalue weighted by Gasteiger charge is -2.16. The van der Waals surface area contributed by atoms with Crippen LogP contribution in [0.1, 0.15) is 36.6 Å². The van der Waals surface area contributed by atoms with Gasteiger partial charge >= 0.3 is 0 Å². The number of pyridine rings is 1. The number of hydrogen-bond donors (Lipinski definition) is 1. The van der Waals surface area contributed by atoms with Crippen LogP contribution in [0.4, 0.5) is 0 Å². The summed E-state index contributed by atoms with van der Waals surface area (Å²) in [5, 5.41) is 8.13. The van der Waals surface area contributed by atoms with Gasteiger partial charge in [0.1, 0.15) is 11.3 Å². The predicted octanol–water partition coefficient (Wildman–Crippen LogP) is 3.67. The van der Waals surface area contributed by atoms with Gasteiger partial charge in [0.15, 0.2) is 11.3 Å². The third-order valence-electron chi connectivity index (χ3n) is 5.85. The lowest BCUT2D eigenvalue weighted by atomic mass is 10.0. The molecule has 4 heterocycles. The van der Waals surface area contributed by atoms with Crippen LogP contribution in [0.2, 0.25) is 0 Å². The van der Waals surface area contributed by atoms with E-state index in [0.29, 0.717) is 17.5 Å². The Morgan fingerprint density at radius 1 is 1.23 bits per heavy atom. The van der Waals surface area contributed by atoms with E-state index in [1.807, 2.05) is 47.5 Å². The maximum absolute atomic E-state index is 13.1. The molecule has 0 bridgehead atoms. The van der Waals surface area contributed by atoms with Crippen LogP contribution in [0.25, 0.3) is 22.1 Å². The van der Waals surface area contributed by atoms with Gasteiger partial charge in [0.05, 0.1) is 5.52 Å². The second kappa shape index (κ2) is 7.55. The molecule has 1 fully saturated rings. The number of hydrogen-bond acceptors (Lipinski definition) is 4. The molecule has 0 aliphatic carbocycles. The van der Waals surface area contributed by atoms with Crippen LogP contribution in [0.3, 0.4) is 0 Å². The zero-order chi connectivity index (χ0) is 20.7. The molecule has 7 nitrogen and oxygen atoms in total. The minimum atomic E-state index is 0.00676. The molecule has 0 saturated carbocycles. The molecule has 1 aromatic carbocycles. The highest BCUT2D eigenvalue weighted by atomic mass is 16.2. The van der Waals surface area contributed by atoms with Crippen LogP contribution in [0.15, 0.2) is 42.6 Å². The number of carbonyl (C=O) groups is 1. The molecule has 0 radical (unpaired) electrons. The molecule has 1 aliphatic heterocycles. The van der Waals surface area contributed by atoms with Crippen molar-refractivity contribution in [1.29, 1.82) is 0 Å². The summed E-state index contributed by atoms with van der Waals surface area (Å²) in [6.07, 6.45) is 3.66. The van der Waals surface area contributed by atoms with Crippen LogP contribution in [-0.4, -0.2) is 48.6 Å². The Morgan fingerprint density at radius 3 is 2.97 bits per heavy atom. The van der Waals surface area contributed by atoms with Gasteiger partial charge in [-0.3, -0.25) is 9.89 Å². The predicted molar refractivity (Wildman–Crippen MR) is 116 cm³/mol. The first kappa shape index (κ1) is 18.8. The molecular formula is C23H26N6O. The van der Waals surface area contributed by atoms with E-state index in [2.05, 4.69) is 33.6 Å². The summed E-state index contributed by atoms with van der Waals surface area (Å²) in [7, 11) is 0. The number of aromatic nitrogens is 5. The quantitative estimate of drug-likeness (QED) is 0.552. The first-order valence-electron chi connectivity index (χ1n) is 10.6. The number of carbonyl (C=O) groups excluding carboxylic acids is 1. The Kier molecular flexibility index (Phi) is 4.73. The Balaban J connectivity index is 1.35. The molecule has 1 amide bonds. The smallest absolute Gasteiger partial charge is 0.275 e. The standard InChI is InChI=1S/C23H26N6O/c1-15(2)13-29-20(25-19-8-5-10-24-22(19)29)12-16-9-11-28(14-16)23(30)21-17-6-3-4-7-18(17)26-27-21/h3-8,10,15-16H,9,11-14H2,1-2H3,(H,26,27)/t16-/m1/s1. The summed E-state index contributed by atoms with van der Waals surface area (Å²) in [4.78, 5) is 24.4. The van der Waals surface area contributed by atoms with Gasteiger partial charge in [-0.25, -0.2) is 9.97 Å². The van der Waals surface area contributed by atoms with E-state index in [9.17, 15) is 4.79 Å². The lowest BCUT2D eigenvalue weighted by Crippen LogP contribution is -2.29. The molecule has 154 valence electrons. The van der Waals surface area contributed by atoms with Crippen molar-refractivity contribution in [2.75, 3.05) is 13.1 Å². The van der Waals surface area contributed by atoms with Crippen molar-refractivity contribution in [3.8, 4) is 0 Å². The summed E-state index contributed by atoms with van der Waals surface area (Å²) in [6.45, 7) is 6.81. The molecule has 7 heteroatoms. The number of fused-ring (bicyclic) bond motifs is 2. The van der Waals surface area contributed by atoms with Crippen molar-refractivity contribution < 1.29 is 4.79 Å². The van der Waals surface area contributed by atoms with Gasteiger partial charge in [0.25, 0.3) is 5.91 Å². The van der Waals surface area contributed by atoms with Gasteiger partial charge in [-0.15, -0.1) is 0 Å². The first-order chi connectivity index (χ1) is 14.6. The summed E-state index contributed by atoms with van der Waals surface area (Å²) in [5.41, 5.74) is 3.31. The van der Waals surface area contributed by atoms with Crippen molar-refractivity contribution >= 4 is 28.0 Å². The second-order valence-corrected chi connectivity index (χ2v) is 8.61. The fourth-order valence-corrected chi connectivity index (χ4v) is 4.44. The molecule has 0 spiro atoms. The van der Waals surface area contributed by atoms with Crippen LogP contribution >= 0.6 is 0 Å². The number of rotatable bonds is 5. The fraction of sp³-hybridized carbons (Fsp3) is 0.391. The van der Waals surface area contributed by atoms with Crippen LogP contribution in [-0.2, 0) is 13.0 Å². The highest BCUT2D eigenvalue weighted by Gasteiger charge is 2.30. The number of aromatic amines is 1. The van der Waals surface area contributed by atoms with Gasteiger partial charge in [-0.05, 0) is 36.5 Å². The molecule has 1 atom stereocenters. The number of imidazole rings is 1. The van der Waals surface area contributed by atoms with E-state index in [-0.39, 0.29) is 5.91 Å². The van der Waals surface area contributed by atoms with Crippen molar-refractivity contribution in [3.05, 3.63) is 54.1 Å². The second-order valence-electron chi connectivity index (χ2n) is 8.61. The van der Waals surface area contributed by atoms with Gasteiger partial charge in [-0.1, -0.05) is 32.0 Å². The maximum Gasteiger partial charge on any atom is 0.275 e. The van der Waals surface area contributed by atoms with E-state index >= 15 is 0 Å². The highest BCUT2D eigenvalue weighted by molar-refractivity contribution is 6.04. The van der Waals surface area contributed by atoms with Crippen LogP contribution in [0, 0.1) is 11.8 Å². The molecule has 3 aromatic heterocycles. The van der Waals surface area contributed by atoms with E-state index in [1.165, 1.54) is 0 Å². The number of benzene rings is 1. The van der Waals surface area contributed by atoms with Gasteiger partial charge in [0.2, 0.25) is 0 Å². The third-order valence-corrected chi connectivity index (χ3v) is 5.85. The van der Waals surface area contributed by atoms with Crippen molar-refractivity contribution in [2.45, 2.75) is 33.2 Å². The number of H-pyrrole nitrogens is 1. The number of nitrogens with zero attached hydrogens (tertiary/aromatic N) is 5. The van der Waals surface area contributed by atoms with E-state index in [1.54, 1.807) is 0 Å². The lowest BCUT2D eigenvalue weighted by molar-refractivity contribution is 0.0783. The van der Waals surface area contributed by atoms with Gasteiger partial charge in [-0.2, -0.15) is 5.10 Å². The zero-order valence-corrected chi connectivity index (χ0v) is 17.4. The van der Waals surface area contributed by atoms with Crippen LogP contribution in [0.5, 0.6) is 0 Å². The van der Waals surface area contributed by atoms with Crippen molar-refractivity contribution in [3.63, 3.8) is 0 Å². The minimum absolute atomic E-state index is 0.00676.